The average molecular weight is 388 g/mol. The van der Waals surface area contributed by atoms with Gasteiger partial charge in [-0.2, -0.15) is 0 Å². The molecule has 0 heterocycles. The molecule has 0 saturated carbocycles. The van der Waals surface area contributed by atoms with Crippen LogP contribution in [0.25, 0.3) is 0 Å². The van der Waals surface area contributed by atoms with Gasteiger partial charge in [0.1, 0.15) is 0 Å². The molecular weight excluding hydrogens is 350 g/mol. The van der Waals surface area contributed by atoms with Crippen molar-refractivity contribution in [3.8, 4) is 0 Å². The summed E-state index contributed by atoms with van der Waals surface area (Å²) in [7, 11) is -5.75. The summed E-state index contributed by atoms with van der Waals surface area (Å²) in [5, 5.41) is 0. The molecule has 0 aromatic heterocycles. The molecule has 6 nitrogen and oxygen atoms in total. The Morgan fingerprint density at radius 3 is 1.62 bits per heavy atom. The third-order valence-corrected chi connectivity index (χ3v) is 5.59. The highest BCUT2D eigenvalue weighted by atomic mass is 32.3. The smallest absolute Gasteiger partial charge is 0.217 e. The van der Waals surface area contributed by atoms with Gasteiger partial charge in [-0.05, 0) is 6.42 Å². The summed E-state index contributed by atoms with van der Waals surface area (Å²) in [6.07, 6.45) is 15.1. The Bertz CT molecular complexity index is 388. The predicted molar refractivity (Wildman–Crippen MR) is 101 cm³/mol. The maximum absolute atomic E-state index is 11.5. The van der Waals surface area contributed by atoms with Crippen LogP contribution in [0.5, 0.6) is 0 Å². The molecule has 8 heteroatoms. The molecule has 0 aliphatic heterocycles. The number of hydrogen-bond acceptors (Lipinski definition) is 5. The monoisotopic (exact) mass is 387 g/mol. The van der Waals surface area contributed by atoms with Crippen molar-refractivity contribution in [2.75, 3.05) is 18.1 Å². The van der Waals surface area contributed by atoms with Gasteiger partial charge < -0.3 is 10.7 Å². The lowest BCUT2D eigenvalue weighted by Crippen LogP contribution is -2.13. The number of quaternary nitrogens is 1. The van der Waals surface area contributed by atoms with Gasteiger partial charge >= 0.3 is 0 Å². The summed E-state index contributed by atoms with van der Waals surface area (Å²) in [5.74, 6) is 0.666. The van der Waals surface area contributed by atoms with Gasteiger partial charge in [0.2, 0.25) is 10.4 Å². The quantitative estimate of drug-likeness (QED) is 0.227. The molecule has 0 saturated heterocycles. The number of rotatable bonds is 17. The van der Waals surface area contributed by atoms with E-state index in [-0.39, 0.29) is 18.5 Å². The van der Waals surface area contributed by atoms with Gasteiger partial charge in [0.25, 0.3) is 0 Å². The van der Waals surface area contributed by atoms with Crippen LogP contribution in [0.4, 0.5) is 0 Å². The summed E-state index contributed by atoms with van der Waals surface area (Å²) in [4.78, 5) is 0. The topological polar surface area (TPSA) is 120 Å². The number of hydrogen-bond donors (Lipinski definition) is 1. The van der Waals surface area contributed by atoms with Crippen LogP contribution in [-0.2, 0) is 25.4 Å². The lowest BCUT2D eigenvalue weighted by molar-refractivity contribution is 0.277. The first kappa shape index (κ1) is 26.2. The first-order chi connectivity index (χ1) is 11.0. The third kappa shape index (κ3) is 22.0. The van der Waals surface area contributed by atoms with Crippen LogP contribution < -0.4 is 6.15 Å². The lowest BCUT2D eigenvalue weighted by atomic mass is 10.1. The highest BCUT2D eigenvalue weighted by molar-refractivity contribution is 7.85. The van der Waals surface area contributed by atoms with Crippen molar-refractivity contribution in [2.45, 2.75) is 84.0 Å². The van der Waals surface area contributed by atoms with Gasteiger partial charge in [-0.25, -0.2) is 8.42 Å². The molecule has 0 bridgehead atoms. The van der Waals surface area contributed by atoms with Gasteiger partial charge in [0, 0.05) is 22.3 Å². The van der Waals surface area contributed by atoms with Gasteiger partial charge in [-0.1, -0.05) is 77.6 Å². The second kappa shape index (κ2) is 17.8. The molecule has 0 radical (unpaired) electrons. The van der Waals surface area contributed by atoms with Crippen LogP contribution in [0.1, 0.15) is 84.0 Å². The van der Waals surface area contributed by atoms with E-state index in [0.717, 1.165) is 12.8 Å². The van der Waals surface area contributed by atoms with Gasteiger partial charge in [-0.15, -0.1) is 0 Å². The zero-order valence-corrected chi connectivity index (χ0v) is 17.1. The molecule has 1 unspecified atom stereocenters. The molecular formula is C16H37NO5S2. The Kier molecular flexibility index (Phi) is 19.4. The fourth-order valence-electron chi connectivity index (χ4n) is 2.44. The number of unbranched alkanes of at least 4 members (excludes halogenated alkanes) is 11. The SMILES string of the molecule is CCCCCCCCCCCCCCS(=O)CCOS(=O)(=O)[O-].[NH4+]. The van der Waals surface area contributed by atoms with Crippen molar-refractivity contribution >= 4 is 21.2 Å². The summed E-state index contributed by atoms with van der Waals surface area (Å²) in [5.41, 5.74) is 0. The van der Waals surface area contributed by atoms with E-state index in [1.807, 2.05) is 0 Å². The fraction of sp³-hybridized carbons (Fsp3) is 1.00. The third-order valence-electron chi connectivity index (χ3n) is 3.76. The normalized spacial score (nSPS) is 12.8. The van der Waals surface area contributed by atoms with Gasteiger partial charge in [-0.3, -0.25) is 8.39 Å². The van der Waals surface area contributed by atoms with Crippen molar-refractivity contribution in [3.05, 3.63) is 0 Å². The van der Waals surface area contributed by atoms with E-state index in [9.17, 15) is 17.2 Å². The second-order valence-electron chi connectivity index (χ2n) is 5.97. The molecule has 0 aromatic rings. The van der Waals surface area contributed by atoms with Crippen LogP contribution in [-0.4, -0.2) is 35.3 Å². The molecule has 1 atom stereocenters. The minimum Gasteiger partial charge on any atom is -0.726 e. The Hall–Kier alpha value is -0.0200. The second-order valence-corrected chi connectivity index (χ2v) is 8.72. The molecule has 0 aliphatic carbocycles. The Morgan fingerprint density at radius 2 is 1.21 bits per heavy atom. The van der Waals surface area contributed by atoms with E-state index >= 15 is 0 Å². The van der Waals surface area contributed by atoms with E-state index < -0.39 is 21.2 Å². The van der Waals surface area contributed by atoms with Crippen molar-refractivity contribution in [1.29, 1.82) is 0 Å². The maximum Gasteiger partial charge on any atom is 0.217 e. The molecule has 0 aliphatic rings. The maximum atomic E-state index is 11.5. The van der Waals surface area contributed by atoms with E-state index in [1.54, 1.807) is 0 Å². The van der Waals surface area contributed by atoms with Gasteiger partial charge in [0.15, 0.2) is 0 Å². The van der Waals surface area contributed by atoms with Crippen LogP contribution in [0.3, 0.4) is 0 Å². The molecule has 4 N–H and O–H groups in total. The zero-order chi connectivity index (χ0) is 17.4. The highest BCUT2D eigenvalue weighted by Crippen LogP contribution is 2.12. The molecule has 24 heavy (non-hydrogen) atoms. The van der Waals surface area contributed by atoms with Crippen molar-refractivity contribution in [3.63, 3.8) is 0 Å². The van der Waals surface area contributed by atoms with Crippen LogP contribution in [0.15, 0.2) is 0 Å². The van der Waals surface area contributed by atoms with Crippen molar-refractivity contribution in [1.82, 2.24) is 6.15 Å². The van der Waals surface area contributed by atoms with Gasteiger partial charge in [0.05, 0.1) is 6.61 Å². The van der Waals surface area contributed by atoms with Crippen molar-refractivity contribution < 1.29 is 21.4 Å². The van der Waals surface area contributed by atoms with E-state index in [1.165, 1.54) is 64.2 Å². The minimum atomic E-state index is -4.65. The predicted octanol–water partition coefficient (Wildman–Crippen LogP) is 4.29. The average Bonchev–Trinajstić information content (AvgIpc) is 2.47. The molecule has 0 amide bonds. The Labute approximate surface area is 151 Å². The lowest BCUT2D eigenvalue weighted by Gasteiger charge is -2.07. The Balaban J connectivity index is 0. The van der Waals surface area contributed by atoms with Crippen molar-refractivity contribution in [2.24, 2.45) is 0 Å². The van der Waals surface area contributed by atoms with E-state index in [2.05, 4.69) is 11.1 Å². The summed E-state index contributed by atoms with van der Waals surface area (Å²) in [6.45, 7) is 1.96. The fourth-order valence-corrected chi connectivity index (χ4v) is 3.83. The summed E-state index contributed by atoms with van der Waals surface area (Å²) >= 11 is 0. The van der Waals surface area contributed by atoms with Crippen LogP contribution in [0.2, 0.25) is 0 Å². The first-order valence-corrected chi connectivity index (χ1v) is 11.7. The van der Waals surface area contributed by atoms with E-state index in [4.69, 9.17) is 0 Å². The van der Waals surface area contributed by atoms with Crippen LogP contribution in [0, 0.1) is 0 Å². The standard InChI is InChI=1S/C16H34O5S2.H3N/c1-2-3-4-5-6-7-8-9-10-11-12-13-15-22(17)16-14-21-23(18,19)20;/h2-16H2,1H3,(H,18,19,20);1H3. The molecule has 148 valence electrons. The van der Waals surface area contributed by atoms with E-state index in [0.29, 0.717) is 5.75 Å². The highest BCUT2D eigenvalue weighted by Gasteiger charge is 2.02. The Morgan fingerprint density at radius 1 is 0.792 bits per heavy atom. The minimum absolute atomic E-state index is 0. The largest absolute Gasteiger partial charge is 0.726 e. The molecule has 0 fully saturated rings. The van der Waals surface area contributed by atoms with Crippen LogP contribution >= 0.6 is 0 Å². The molecule has 0 rings (SSSR count). The summed E-state index contributed by atoms with van der Waals surface area (Å²) < 4.78 is 46.2. The molecule has 0 spiro atoms. The zero-order valence-electron chi connectivity index (χ0n) is 15.5. The molecule has 0 aromatic carbocycles. The first-order valence-electron chi connectivity index (χ1n) is 8.91. The summed E-state index contributed by atoms with van der Waals surface area (Å²) in [6, 6.07) is 0.